The van der Waals surface area contributed by atoms with Crippen molar-refractivity contribution in [3.05, 3.63) is 65.0 Å². The predicted octanol–water partition coefficient (Wildman–Crippen LogP) is 2.69. The van der Waals surface area contributed by atoms with E-state index in [9.17, 15) is 9.59 Å². The molecule has 0 bridgehead atoms. The number of urea groups is 1. The second-order valence-corrected chi connectivity index (χ2v) is 7.08. The number of aryl methyl sites for hydroxylation is 2. The van der Waals surface area contributed by atoms with Crippen LogP contribution in [0.3, 0.4) is 0 Å². The lowest BCUT2D eigenvalue weighted by Crippen LogP contribution is -2.45. The molecule has 1 aromatic heterocycles. The largest absolute Gasteiger partial charge is 0.352 e. The summed E-state index contributed by atoms with van der Waals surface area (Å²) in [6.07, 6.45) is 2.99. The van der Waals surface area contributed by atoms with Gasteiger partial charge in [0.05, 0.1) is 12.2 Å². The van der Waals surface area contributed by atoms with Gasteiger partial charge in [-0.3, -0.25) is 9.78 Å². The van der Waals surface area contributed by atoms with Gasteiger partial charge in [0.25, 0.3) is 0 Å². The van der Waals surface area contributed by atoms with Crippen LogP contribution in [0.15, 0.2) is 42.6 Å². The van der Waals surface area contributed by atoms with Crippen molar-refractivity contribution < 1.29 is 9.59 Å². The van der Waals surface area contributed by atoms with Crippen LogP contribution in [0.25, 0.3) is 0 Å². The van der Waals surface area contributed by atoms with Crippen molar-refractivity contribution in [3.63, 3.8) is 0 Å². The average Bonchev–Trinajstić information content (AvgIpc) is 3.07. The van der Waals surface area contributed by atoms with E-state index < -0.39 is 0 Å². The second-order valence-electron chi connectivity index (χ2n) is 7.08. The molecule has 2 aromatic rings. The number of nitrogens with zero attached hydrogens (tertiary/aromatic N) is 2. The van der Waals surface area contributed by atoms with Gasteiger partial charge in [0, 0.05) is 31.7 Å². The third-order valence-corrected chi connectivity index (χ3v) is 4.91. The highest BCUT2D eigenvalue weighted by molar-refractivity contribution is 5.79. The molecule has 1 aliphatic rings. The first-order valence-corrected chi connectivity index (χ1v) is 9.29. The third kappa shape index (κ3) is 5.29. The van der Waals surface area contributed by atoms with Gasteiger partial charge in [-0.05, 0) is 49.1 Å². The molecule has 0 spiro atoms. The molecule has 142 valence electrons. The summed E-state index contributed by atoms with van der Waals surface area (Å²) in [5.74, 6) is 0.0494. The Hall–Kier alpha value is -2.89. The minimum atomic E-state index is -0.153. The summed E-state index contributed by atoms with van der Waals surface area (Å²) in [7, 11) is 0. The predicted molar refractivity (Wildman–Crippen MR) is 104 cm³/mol. The van der Waals surface area contributed by atoms with Crippen LogP contribution < -0.4 is 10.6 Å². The van der Waals surface area contributed by atoms with E-state index in [2.05, 4.69) is 41.6 Å². The number of rotatable bonds is 6. The lowest BCUT2D eigenvalue weighted by molar-refractivity contribution is -0.119. The minimum absolute atomic E-state index is 0.00594. The Kier molecular flexibility index (Phi) is 6.06. The Morgan fingerprint density at radius 3 is 2.78 bits per heavy atom. The van der Waals surface area contributed by atoms with Gasteiger partial charge in [0.1, 0.15) is 0 Å². The zero-order valence-electron chi connectivity index (χ0n) is 15.9. The molecule has 6 heteroatoms. The van der Waals surface area contributed by atoms with Crippen LogP contribution in [0.1, 0.15) is 35.2 Å². The van der Waals surface area contributed by atoms with Gasteiger partial charge in [0.15, 0.2) is 0 Å². The molecule has 27 heavy (non-hydrogen) atoms. The van der Waals surface area contributed by atoms with E-state index in [-0.39, 0.29) is 18.0 Å². The standard InChI is InChI=1S/C21H26N4O2/c1-15-6-7-17(11-16(15)2)12-23-21(27)25(13-18-5-3-4-10-22-18)14-19-8-9-20(26)24-19/h3-7,10-11,19H,8-9,12-14H2,1-2H3,(H,23,27)(H,24,26)/t19-/m0/s1. The summed E-state index contributed by atoms with van der Waals surface area (Å²) < 4.78 is 0. The third-order valence-electron chi connectivity index (χ3n) is 4.91. The summed E-state index contributed by atoms with van der Waals surface area (Å²) in [4.78, 5) is 30.4. The van der Waals surface area contributed by atoms with Crippen molar-refractivity contribution in [3.8, 4) is 0 Å². The average molecular weight is 366 g/mol. The second kappa shape index (κ2) is 8.66. The SMILES string of the molecule is Cc1ccc(CNC(=O)N(Cc2ccccn2)C[C@@H]2CCC(=O)N2)cc1C. The minimum Gasteiger partial charge on any atom is -0.352 e. The van der Waals surface area contributed by atoms with Gasteiger partial charge in [-0.1, -0.05) is 24.3 Å². The number of pyridine rings is 1. The van der Waals surface area contributed by atoms with Crippen LogP contribution in [0.5, 0.6) is 0 Å². The molecule has 1 aliphatic heterocycles. The summed E-state index contributed by atoms with van der Waals surface area (Å²) in [6.45, 7) is 5.49. The molecule has 2 N–H and O–H groups in total. The highest BCUT2D eigenvalue weighted by atomic mass is 16.2. The molecule has 3 amide bonds. The van der Waals surface area contributed by atoms with Crippen molar-refractivity contribution in [2.75, 3.05) is 6.54 Å². The maximum Gasteiger partial charge on any atom is 0.318 e. The van der Waals surface area contributed by atoms with E-state index >= 15 is 0 Å². The zero-order chi connectivity index (χ0) is 19.2. The van der Waals surface area contributed by atoms with Crippen molar-refractivity contribution >= 4 is 11.9 Å². The summed E-state index contributed by atoms with van der Waals surface area (Å²) >= 11 is 0. The number of carbonyl (C=O) groups is 2. The van der Waals surface area contributed by atoms with Gasteiger partial charge in [-0.15, -0.1) is 0 Å². The Labute approximate surface area is 160 Å². The van der Waals surface area contributed by atoms with Crippen LogP contribution in [-0.2, 0) is 17.9 Å². The molecule has 3 rings (SSSR count). The van der Waals surface area contributed by atoms with Crippen LogP contribution in [-0.4, -0.2) is 34.4 Å². The fraction of sp³-hybridized carbons (Fsp3) is 0.381. The quantitative estimate of drug-likeness (QED) is 0.825. The number of nitrogens with one attached hydrogen (secondary N) is 2. The van der Waals surface area contributed by atoms with Crippen molar-refractivity contribution in [1.82, 2.24) is 20.5 Å². The fourth-order valence-corrected chi connectivity index (χ4v) is 3.19. The first-order chi connectivity index (χ1) is 13.0. The molecule has 1 aromatic carbocycles. The molecular formula is C21H26N4O2. The highest BCUT2D eigenvalue weighted by Gasteiger charge is 2.25. The van der Waals surface area contributed by atoms with Gasteiger partial charge in [0.2, 0.25) is 5.91 Å². The summed E-state index contributed by atoms with van der Waals surface area (Å²) in [5.41, 5.74) is 4.33. The summed E-state index contributed by atoms with van der Waals surface area (Å²) in [5, 5.41) is 5.93. The molecule has 1 fully saturated rings. The number of hydrogen-bond donors (Lipinski definition) is 2. The number of carbonyl (C=O) groups excluding carboxylic acids is 2. The molecule has 0 unspecified atom stereocenters. The van der Waals surface area contributed by atoms with Gasteiger partial charge in [-0.2, -0.15) is 0 Å². The van der Waals surface area contributed by atoms with Crippen molar-refractivity contribution in [2.24, 2.45) is 0 Å². The molecule has 0 saturated carbocycles. The van der Waals surface area contributed by atoms with Crippen LogP contribution >= 0.6 is 0 Å². The normalized spacial score (nSPS) is 16.1. The Balaban J connectivity index is 1.65. The molecule has 0 aliphatic carbocycles. The highest BCUT2D eigenvalue weighted by Crippen LogP contribution is 2.12. The van der Waals surface area contributed by atoms with Crippen molar-refractivity contribution in [1.29, 1.82) is 0 Å². The number of amides is 3. The molecule has 1 saturated heterocycles. The number of hydrogen-bond acceptors (Lipinski definition) is 3. The molecule has 6 nitrogen and oxygen atoms in total. The fourth-order valence-electron chi connectivity index (χ4n) is 3.19. The smallest absolute Gasteiger partial charge is 0.318 e. The lowest BCUT2D eigenvalue weighted by atomic mass is 10.1. The topological polar surface area (TPSA) is 74.3 Å². The zero-order valence-corrected chi connectivity index (χ0v) is 15.9. The van der Waals surface area contributed by atoms with Gasteiger partial charge >= 0.3 is 6.03 Å². The maximum atomic E-state index is 12.8. The maximum absolute atomic E-state index is 12.8. The Morgan fingerprint density at radius 1 is 1.26 bits per heavy atom. The first kappa shape index (κ1) is 18.9. The monoisotopic (exact) mass is 366 g/mol. The van der Waals surface area contributed by atoms with E-state index in [0.717, 1.165) is 17.7 Å². The van der Waals surface area contributed by atoms with E-state index in [1.54, 1.807) is 11.1 Å². The van der Waals surface area contributed by atoms with E-state index in [0.29, 0.717) is 26.1 Å². The van der Waals surface area contributed by atoms with E-state index in [4.69, 9.17) is 0 Å². The van der Waals surface area contributed by atoms with Crippen molar-refractivity contribution in [2.45, 2.75) is 45.8 Å². The van der Waals surface area contributed by atoms with Crippen LogP contribution in [0.2, 0.25) is 0 Å². The molecular weight excluding hydrogens is 340 g/mol. The van der Waals surface area contributed by atoms with E-state index in [1.807, 2.05) is 24.3 Å². The molecule has 2 heterocycles. The Morgan fingerprint density at radius 2 is 2.11 bits per heavy atom. The Bertz CT molecular complexity index is 807. The van der Waals surface area contributed by atoms with Gasteiger partial charge < -0.3 is 15.5 Å². The number of aromatic nitrogens is 1. The molecule has 1 atom stereocenters. The lowest BCUT2D eigenvalue weighted by Gasteiger charge is -2.26. The van der Waals surface area contributed by atoms with E-state index in [1.165, 1.54) is 11.1 Å². The van der Waals surface area contributed by atoms with Crippen LogP contribution in [0.4, 0.5) is 4.79 Å². The van der Waals surface area contributed by atoms with Crippen LogP contribution in [0, 0.1) is 13.8 Å². The first-order valence-electron chi connectivity index (χ1n) is 9.29. The summed E-state index contributed by atoms with van der Waals surface area (Å²) in [6, 6.07) is 11.7. The molecule has 0 radical (unpaired) electrons. The number of benzene rings is 1. The van der Waals surface area contributed by atoms with Gasteiger partial charge in [-0.25, -0.2) is 4.79 Å².